The summed E-state index contributed by atoms with van der Waals surface area (Å²) in [7, 11) is 0. The number of oxazole rings is 1. The van der Waals surface area contributed by atoms with Crippen LogP contribution in [-0.4, -0.2) is 11.6 Å². The van der Waals surface area contributed by atoms with Gasteiger partial charge in [0, 0.05) is 11.3 Å². The minimum absolute atomic E-state index is 0.188. The number of nitrogens with zero attached hydrogens (tertiary/aromatic N) is 2. The SMILES string of the molecule is CCOc1ccc(Nc2oc(-c3ccc(OCc4ccccc4)cc3)nc2C#N)cc1. The van der Waals surface area contributed by atoms with E-state index in [0.717, 1.165) is 28.3 Å². The fraction of sp³-hybridized carbons (Fsp3) is 0.120. The van der Waals surface area contributed by atoms with Crippen LogP contribution in [0.15, 0.2) is 83.3 Å². The third-order valence-corrected chi connectivity index (χ3v) is 4.51. The molecule has 0 unspecified atom stereocenters. The quantitative estimate of drug-likeness (QED) is 0.387. The van der Waals surface area contributed by atoms with Gasteiger partial charge in [0.15, 0.2) is 0 Å². The van der Waals surface area contributed by atoms with Gasteiger partial charge in [0.1, 0.15) is 24.2 Å². The molecule has 0 atom stereocenters. The molecule has 4 rings (SSSR count). The van der Waals surface area contributed by atoms with Crippen molar-refractivity contribution in [1.82, 2.24) is 4.98 Å². The molecule has 0 bridgehead atoms. The predicted octanol–water partition coefficient (Wildman–Crippen LogP) is 5.93. The maximum Gasteiger partial charge on any atom is 0.236 e. The first-order valence-corrected chi connectivity index (χ1v) is 9.93. The first-order valence-electron chi connectivity index (χ1n) is 9.93. The molecule has 0 aliphatic carbocycles. The highest BCUT2D eigenvalue weighted by Crippen LogP contribution is 2.29. The number of nitrogens with one attached hydrogen (secondary N) is 1. The van der Waals surface area contributed by atoms with Gasteiger partial charge in [0.05, 0.1) is 6.61 Å². The second kappa shape index (κ2) is 9.51. The van der Waals surface area contributed by atoms with E-state index in [4.69, 9.17) is 13.9 Å². The highest BCUT2D eigenvalue weighted by molar-refractivity contribution is 5.64. The van der Waals surface area contributed by atoms with Crippen molar-refractivity contribution in [1.29, 1.82) is 5.26 Å². The second-order valence-electron chi connectivity index (χ2n) is 6.69. The lowest BCUT2D eigenvalue weighted by Gasteiger charge is -2.06. The van der Waals surface area contributed by atoms with E-state index in [2.05, 4.69) is 16.4 Å². The Morgan fingerprint density at radius 1 is 0.903 bits per heavy atom. The standard InChI is InChI=1S/C25H21N3O3/c1-2-29-21-14-10-20(11-15-21)27-25-23(16-26)28-24(31-25)19-8-12-22(13-9-19)30-17-18-6-4-3-5-7-18/h3-15,27H,2,17H2,1H3. The van der Waals surface area contributed by atoms with Crippen molar-refractivity contribution in [3.63, 3.8) is 0 Å². The zero-order chi connectivity index (χ0) is 21.5. The zero-order valence-corrected chi connectivity index (χ0v) is 17.0. The van der Waals surface area contributed by atoms with E-state index in [1.54, 1.807) is 0 Å². The van der Waals surface area contributed by atoms with Crippen molar-refractivity contribution in [3.8, 4) is 29.0 Å². The van der Waals surface area contributed by atoms with Gasteiger partial charge in [-0.25, -0.2) is 0 Å². The van der Waals surface area contributed by atoms with Crippen LogP contribution in [0.5, 0.6) is 11.5 Å². The van der Waals surface area contributed by atoms with Gasteiger partial charge < -0.3 is 19.2 Å². The molecular weight excluding hydrogens is 390 g/mol. The van der Waals surface area contributed by atoms with E-state index in [-0.39, 0.29) is 5.69 Å². The van der Waals surface area contributed by atoms with Crippen LogP contribution < -0.4 is 14.8 Å². The molecule has 6 nitrogen and oxygen atoms in total. The van der Waals surface area contributed by atoms with Gasteiger partial charge in [0.25, 0.3) is 0 Å². The fourth-order valence-corrected chi connectivity index (χ4v) is 2.97. The summed E-state index contributed by atoms with van der Waals surface area (Å²) in [4.78, 5) is 4.31. The molecule has 0 saturated heterocycles. The molecule has 3 aromatic carbocycles. The van der Waals surface area contributed by atoms with Gasteiger partial charge in [-0.05, 0) is 61.0 Å². The van der Waals surface area contributed by atoms with Crippen LogP contribution in [0.2, 0.25) is 0 Å². The van der Waals surface area contributed by atoms with E-state index in [9.17, 15) is 5.26 Å². The van der Waals surface area contributed by atoms with Crippen molar-refractivity contribution in [2.24, 2.45) is 0 Å². The topological polar surface area (TPSA) is 80.3 Å². The first kappa shape index (κ1) is 20.0. The Kier molecular flexibility index (Phi) is 6.15. The van der Waals surface area contributed by atoms with Crippen molar-refractivity contribution in [2.75, 3.05) is 11.9 Å². The lowest BCUT2D eigenvalue weighted by molar-refractivity contribution is 0.306. The van der Waals surface area contributed by atoms with E-state index in [0.29, 0.717) is 25.0 Å². The molecule has 0 radical (unpaired) electrons. The molecule has 0 aliphatic heterocycles. The minimum atomic E-state index is 0.188. The lowest BCUT2D eigenvalue weighted by Crippen LogP contribution is -1.94. The number of hydrogen-bond donors (Lipinski definition) is 1. The molecular formula is C25H21N3O3. The minimum Gasteiger partial charge on any atom is -0.494 e. The molecule has 0 spiro atoms. The van der Waals surface area contributed by atoms with Crippen LogP contribution >= 0.6 is 0 Å². The van der Waals surface area contributed by atoms with Gasteiger partial charge in [-0.2, -0.15) is 10.2 Å². The normalized spacial score (nSPS) is 10.3. The molecule has 6 heteroatoms. The predicted molar refractivity (Wildman–Crippen MR) is 118 cm³/mol. The first-order chi connectivity index (χ1) is 15.2. The lowest BCUT2D eigenvalue weighted by atomic mass is 10.2. The summed E-state index contributed by atoms with van der Waals surface area (Å²) >= 11 is 0. The summed E-state index contributed by atoms with van der Waals surface area (Å²) < 4.78 is 17.1. The fourth-order valence-electron chi connectivity index (χ4n) is 2.97. The highest BCUT2D eigenvalue weighted by atomic mass is 16.5. The average Bonchev–Trinajstić information content (AvgIpc) is 3.23. The number of anilines is 2. The number of ether oxygens (including phenoxy) is 2. The summed E-state index contributed by atoms with van der Waals surface area (Å²) in [5.74, 6) is 2.18. The Morgan fingerprint density at radius 3 is 2.26 bits per heavy atom. The largest absolute Gasteiger partial charge is 0.494 e. The highest BCUT2D eigenvalue weighted by Gasteiger charge is 2.15. The Balaban J connectivity index is 1.46. The molecule has 31 heavy (non-hydrogen) atoms. The number of benzene rings is 3. The summed E-state index contributed by atoms with van der Waals surface area (Å²) in [6.45, 7) is 3.03. The summed E-state index contributed by atoms with van der Waals surface area (Å²) in [6, 6.07) is 26.9. The van der Waals surface area contributed by atoms with E-state index < -0.39 is 0 Å². The zero-order valence-electron chi connectivity index (χ0n) is 17.0. The Morgan fingerprint density at radius 2 is 1.58 bits per heavy atom. The van der Waals surface area contributed by atoms with Gasteiger partial charge in [-0.3, -0.25) is 0 Å². The third kappa shape index (κ3) is 5.03. The smallest absolute Gasteiger partial charge is 0.236 e. The molecule has 1 aromatic heterocycles. The number of hydrogen-bond acceptors (Lipinski definition) is 6. The Hall–Kier alpha value is -4.24. The molecule has 154 valence electrons. The Labute approximate surface area is 180 Å². The molecule has 1 N–H and O–H groups in total. The van der Waals surface area contributed by atoms with Crippen LogP contribution in [0, 0.1) is 11.3 Å². The Bertz CT molecular complexity index is 1160. The van der Waals surface area contributed by atoms with Crippen LogP contribution in [0.4, 0.5) is 11.6 Å². The maximum absolute atomic E-state index is 9.44. The van der Waals surface area contributed by atoms with E-state index in [1.165, 1.54) is 0 Å². The van der Waals surface area contributed by atoms with Crippen molar-refractivity contribution < 1.29 is 13.9 Å². The molecule has 0 saturated carbocycles. The van der Waals surface area contributed by atoms with Crippen LogP contribution in [0.25, 0.3) is 11.5 Å². The summed E-state index contributed by atoms with van der Waals surface area (Å²) in [5.41, 5.74) is 2.81. The van der Waals surface area contributed by atoms with Crippen molar-refractivity contribution in [3.05, 3.63) is 90.1 Å². The third-order valence-electron chi connectivity index (χ3n) is 4.51. The molecule has 1 heterocycles. The van der Waals surface area contributed by atoms with Gasteiger partial charge >= 0.3 is 0 Å². The molecule has 0 aliphatic rings. The molecule has 4 aromatic rings. The van der Waals surface area contributed by atoms with Crippen molar-refractivity contribution >= 4 is 11.6 Å². The summed E-state index contributed by atoms with van der Waals surface area (Å²) in [5, 5.41) is 12.5. The average molecular weight is 411 g/mol. The number of nitriles is 1. The summed E-state index contributed by atoms with van der Waals surface area (Å²) in [6.07, 6.45) is 0. The second-order valence-corrected chi connectivity index (χ2v) is 6.69. The van der Waals surface area contributed by atoms with Crippen LogP contribution in [0.3, 0.4) is 0 Å². The molecule has 0 fully saturated rings. The van der Waals surface area contributed by atoms with E-state index >= 15 is 0 Å². The van der Waals surface area contributed by atoms with Crippen LogP contribution in [-0.2, 0) is 6.61 Å². The molecule has 0 amide bonds. The van der Waals surface area contributed by atoms with Gasteiger partial charge in [-0.15, -0.1) is 0 Å². The maximum atomic E-state index is 9.44. The number of aromatic nitrogens is 1. The monoisotopic (exact) mass is 411 g/mol. The van der Waals surface area contributed by atoms with E-state index in [1.807, 2.05) is 85.8 Å². The van der Waals surface area contributed by atoms with Gasteiger partial charge in [-0.1, -0.05) is 30.3 Å². The number of rotatable bonds is 8. The van der Waals surface area contributed by atoms with Crippen LogP contribution in [0.1, 0.15) is 18.2 Å². The van der Waals surface area contributed by atoms with Crippen molar-refractivity contribution in [2.45, 2.75) is 13.5 Å². The van der Waals surface area contributed by atoms with Gasteiger partial charge in [0.2, 0.25) is 17.5 Å².